The molecule has 0 radical (unpaired) electrons. The molecule has 1 amide bonds. The van der Waals surface area contributed by atoms with E-state index in [-0.39, 0.29) is 11.9 Å². The third kappa shape index (κ3) is 3.88. The van der Waals surface area contributed by atoms with Gasteiger partial charge in [0.1, 0.15) is 5.76 Å². The molecule has 0 saturated carbocycles. The van der Waals surface area contributed by atoms with E-state index in [0.717, 1.165) is 17.0 Å². The van der Waals surface area contributed by atoms with Crippen molar-refractivity contribution < 1.29 is 9.32 Å². The van der Waals surface area contributed by atoms with Gasteiger partial charge in [-0.2, -0.15) is 0 Å². The SMILES string of the molecule is Cc1noc(C)c1CCC(=O)NC(C)C(C)C. The molecule has 1 aromatic heterocycles. The molecule has 96 valence electrons. The van der Waals surface area contributed by atoms with Crippen molar-refractivity contribution in [1.29, 1.82) is 0 Å². The molecular formula is C13H22N2O2. The summed E-state index contributed by atoms with van der Waals surface area (Å²) in [6, 6.07) is 0.215. The third-order valence-electron chi connectivity index (χ3n) is 3.17. The van der Waals surface area contributed by atoms with Crippen LogP contribution in [-0.2, 0) is 11.2 Å². The topological polar surface area (TPSA) is 55.1 Å². The standard InChI is InChI=1S/C13H22N2O2/c1-8(2)9(3)14-13(16)7-6-12-10(4)15-17-11(12)5/h8-9H,6-7H2,1-5H3,(H,14,16). The Morgan fingerprint density at radius 3 is 2.47 bits per heavy atom. The summed E-state index contributed by atoms with van der Waals surface area (Å²) in [6.07, 6.45) is 1.18. The van der Waals surface area contributed by atoms with E-state index in [1.165, 1.54) is 0 Å². The van der Waals surface area contributed by atoms with Crippen molar-refractivity contribution in [2.75, 3.05) is 0 Å². The first-order valence-corrected chi connectivity index (χ1v) is 6.13. The minimum absolute atomic E-state index is 0.0891. The lowest BCUT2D eigenvalue weighted by Crippen LogP contribution is -2.36. The first-order chi connectivity index (χ1) is 7.91. The molecule has 0 saturated heterocycles. The first kappa shape index (κ1) is 13.7. The van der Waals surface area contributed by atoms with Gasteiger partial charge in [0.25, 0.3) is 0 Å². The van der Waals surface area contributed by atoms with Crippen molar-refractivity contribution in [3.05, 3.63) is 17.0 Å². The number of hydrogen-bond acceptors (Lipinski definition) is 3. The Bertz CT molecular complexity index is 363. The summed E-state index contributed by atoms with van der Waals surface area (Å²) in [5.74, 6) is 1.36. The lowest BCUT2D eigenvalue weighted by atomic mass is 10.1. The highest BCUT2D eigenvalue weighted by molar-refractivity contribution is 5.76. The van der Waals surface area contributed by atoms with E-state index in [1.54, 1.807) is 0 Å². The Balaban J connectivity index is 2.44. The number of amides is 1. The maximum Gasteiger partial charge on any atom is 0.220 e. The molecule has 1 rings (SSSR count). The molecule has 4 nitrogen and oxygen atoms in total. The molecule has 0 aliphatic rings. The summed E-state index contributed by atoms with van der Waals surface area (Å²) in [5, 5.41) is 6.87. The zero-order valence-electron chi connectivity index (χ0n) is 11.3. The van der Waals surface area contributed by atoms with Crippen LogP contribution in [0.4, 0.5) is 0 Å². The quantitative estimate of drug-likeness (QED) is 0.857. The van der Waals surface area contributed by atoms with E-state index < -0.39 is 0 Å². The predicted molar refractivity (Wildman–Crippen MR) is 66.7 cm³/mol. The number of nitrogens with one attached hydrogen (secondary N) is 1. The van der Waals surface area contributed by atoms with E-state index in [1.807, 2.05) is 20.8 Å². The van der Waals surface area contributed by atoms with Gasteiger partial charge < -0.3 is 9.84 Å². The van der Waals surface area contributed by atoms with Gasteiger partial charge in [-0.1, -0.05) is 19.0 Å². The Hall–Kier alpha value is -1.32. The van der Waals surface area contributed by atoms with Crippen LogP contribution in [0.2, 0.25) is 0 Å². The van der Waals surface area contributed by atoms with Crippen molar-refractivity contribution in [3.8, 4) is 0 Å². The van der Waals surface area contributed by atoms with Gasteiger partial charge in [0.2, 0.25) is 5.91 Å². The lowest BCUT2D eigenvalue weighted by molar-refractivity contribution is -0.121. The highest BCUT2D eigenvalue weighted by atomic mass is 16.5. The second-order valence-corrected chi connectivity index (χ2v) is 4.90. The Morgan fingerprint density at radius 2 is 2.00 bits per heavy atom. The molecule has 0 bridgehead atoms. The van der Waals surface area contributed by atoms with Gasteiger partial charge in [0, 0.05) is 18.0 Å². The Morgan fingerprint density at radius 1 is 1.35 bits per heavy atom. The minimum Gasteiger partial charge on any atom is -0.361 e. The molecule has 0 aliphatic carbocycles. The van der Waals surface area contributed by atoms with Crippen LogP contribution in [0, 0.1) is 19.8 Å². The van der Waals surface area contributed by atoms with Crippen LogP contribution in [0.25, 0.3) is 0 Å². The Labute approximate surface area is 103 Å². The summed E-state index contributed by atoms with van der Waals surface area (Å²) < 4.78 is 5.07. The number of aromatic nitrogens is 1. The van der Waals surface area contributed by atoms with E-state index >= 15 is 0 Å². The van der Waals surface area contributed by atoms with Gasteiger partial charge in [0.15, 0.2) is 0 Å². The molecule has 0 aromatic carbocycles. The molecule has 4 heteroatoms. The van der Waals surface area contributed by atoms with E-state index in [9.17, 15) is 4.79 Å². The summed E-state index contributed by atoms with van der Waals surface area (Å²) >= 11 is 0. The van der Waals surface area contributed by atoms with Crippen molar-refractivity contribution in [2.24, 2.45) is 5.92 Å². The number of aryl methyl sites for hydroxylation is 2. The van der Waals surface area contributed by atoms with Gasteiger partial charge in [0.05, 0.1) is 5.69 Å². The van der Waals surface area contributed by atoms with Crippen LogP contribution in [0.15, 0.2) is 4.52 Å². The summed E-state index contributed by atoms with van der Waals surface area (Å²) in [4.78, 5) is 11.7. The average Bonchev–Trinajstić information content (AvgIpc) is 2.56. The normalized spacial score (nSPS) is 12.8. The van der Waals surface area contributed by atoms with E-state index in [4.69, 9.17) is 4.52 Å². The van der Waals surface area contributed by atoms with Gasteiger partial charge in [-0.15, -0.1) is 0 Å². The first-order valence-electron chi connectivity index (χ1n) is 6.13. The van der Waals surface area contributed by atoms with Crippen LogP contribution in [0.5, 0.6) is 0 Å². The van der Waals surface area contributed by atoms with Gasteiger partial charge >= 0.3 is 0 Å². The number of hydrogen-bond donors (Lipinski definition) is 1. The minimum atomic E-state index is 0.0891. The molecule has 0 fully saturated rings. The largest absolute Gasteiger partial charge is 0.361 e. The van der Waals surface area contributed by atoms with Crippen LogP contribution in [-0.4, -0.2) is 17.1 Å². The predicted octanol–water partition coefficient (Wildman–Crippen LogP) is 2.38. The smallest absolute Gasteiger partial charge is 0.220 e. The van der Waals surface area contributed by atoms with Crippen LogP contribution in [0.1, 0.15) is 44.2 Å². The van der Waals surface area contributed by atoms with Crippen LogP contribution in [0.3, 0.4) is 0 Å². The number of rotatable bonds is 5. The number of nitrogens with zero attached hydrogens (tertiary/aromatic N) is 1. The van der Waals surface area contributed by atoms with Crippen LogP contribution >= 0.6 is 0 Å². The molecular weight excluding hydrogens is 216 g/mol. The van der Waals surface area contributed by atoms with Crippen molar-refractivity contribution >= 4 is 5.91 Å². The average molecular weight is 238 g/mol. The lowest BCUT2D eigenvalue weighted by Gasteiger charge is -2.17. The van der Waals surface area contributed by atoms with E-state index in [0.29, 0.717) is 18.8 Å². The summed E-state index contributed by atoms with van der Waals surface area (Å²) in [6.45, 7) is 10.0. The summed E-state index contributed by atoms with van der Waals surface area (Å²) in [7, 11) is 0. The van der Waals surface area contributed by atoms with Gasteiger partial charge in [-0.25, -0.2) is 0 Å². The molecule has 1 unspecified atom stereocenters. The molecule has 17 heavy (non-hydrogen) atoms. The second-order valence-electron chi connectivity index (χ2n) is 4.90. The van der Waals surface area contributed by atoms with E-state index in [2.05, 4.69) is 24.3 Å². The van der Waals surface area contributed by atoms with Crippen molar-refractivity contribution in [3.63, 3.8) is 0 Å². The van der Waals surface area contributed by atoms with Gasteiger partial charge in [-0.3, -0.25) is 4.79 Å². The van der Waals surface area contributed by atoms with Crippen LogP contribution < -0.4 is 5.32 Å². The summed E-state index contributed by atoms with van der Waals surface area (Å²) in [5.41, 5.74) is 1.93. The Kier molecular flexibility index (Phi) is 4.73. The molecule has 1 N–H and O–H groups in total. The number of carbonyl (C=O) groups excluding carboxylic acids is 1. The molecule has 1 heterocycles. The zero-order valence-corrected chi connectivity index (χ0v) is 11.3. The molecule has 1 atom stereocenters. The zero-order chi connectivity index (χ0) is 13.0. The highest BCUT2D eigenvalue weighted by Crippen LogP contribution is 2.14. The molecule has 1 aromatic rings. The second kappa shape index (κ2) is 5.84. The maximum absolute atomic E-state index is 11.7. The van der Waals surface area contributed by atoms with Gasteiger partial charge in [-0.05, 0) is 33.1 Å². The number of carbonyl (C=O) groups is 1. The maximum atomic E-state index is 11.7. The molecule has 0 aliphatic heterocycles. The fraction of sp³-hybridized carbons (Fsp3) is 0.692. The molecule has 0 spiro atoms. The van der Waals surface area contributed by atoms with Crippen molar-refractivity contribution in [1.82, 2.24) is 10.5 Å². The fourth-order valence-corrected chi connectivity index (χ4v) is 1.59. The highest BCUT2D eigenvalue weighted by Gasteiger charge is 2.13. The third-order valence-corrected chi connectivity index (χ3v) is 3.17. The van der Waals surface area contributed by atoms with Crippen molar-refractivity contribution in [2.45, 2.75) is 53.5 Å². The fourth-order valence-electron chi connectivity index (χ4n) is 1.59. The monoisotopic (exact) mass is 238 g/mol.